The molecule has 2 N–H and O–H groups in total. The van der Waals surface area contributed by atoms with E-state index < -0.39 is 0 Å². The van der Waals surface area contributed by atoms with Crippen molar-refractivity contribution in [2.24, 2.45) is 5.92 Å². The maximum atomic E-state index is 3.57. The lowest BCUT2D eigenvalue weighted by molar-refractivity contribution is 0.601. The van der Waals surface area contributed by atoms with E-state index in [-0.39, 0.29) is 0 Å². The molecule has 80 valence electrons. The number of allylic oxidation sites excluding steroid dienone is 1. The molecule has 15 heavy (non-hydrogen) atoms. The fourth-order valence-electron chi connectivity index (χ4n) is 2.73. The number of hydrogen-bond donors (Lipinski definition) is 2. The predicted molar refractivity (Wildman–Crippen MR) is 62.7 cm³/mol. The summed E-state index contributed by atoms with van der Waals surface area (Å²) >= 11 is 0. The molecule has 2 heterocycles. The molecule has 2 heteroatoms. The summed E-state index contributed by atoms with van der Waals surface area (Å²) < 4.78 is 0. The Morgan fingerprint density at radius 2 is 2.33 bits per heavy atom. The maximum Gasteiger partial charge on any atom is 0.0415 e. The second-order valence-electron chi connectivity index (χ2n) is 4.63. The number of fused-ring (bicyclic) bond motifs is 3. The Morgan fingerprint density at radius 1 is 1.40 bits per heavy atom. The number of aromatic amines is 1. The molecule has 0 amide bonds. The van der Waals surface area contributed by atoms with Crippen LogP contribution in [0.5, 0.6) is 0 Å². The van der Waals surface area contributed by atoms with Crippen LogP contribution in [-0.4, -0.2) is 11.5 Å². The first-order valence-electron chi connectivity index (χ1n) is 6.00. The van der Waals surface area contributed by atoms with Crippen molar-refractivity contribution in [2.75, 3.05) is 6.54 Å². The summed E-state index contributed by atoms with van der Waals surface area (Å²) in [5, 5.41) is 3.47. The Morgan fingerprint density at radius 3 is 3.20 bits per heavy atom. The van der Waals surface area contributed by atoms with Gasteiger partial charge >= 0.3 is 0 Å². The van der Waals surface area contributed by atoms with Crippen LogP contribution >= 0.6 is 0 Å². The van der Waals surface area contributed by atoms with Crippen LogP contribution < -0.4 is 5.32 Å². The lowest BCUT2D eigenvalue weighted by Gasteiger charge is -2.18. The first-order valence-corrected chi connectivity index (χ1v) is 6.00. The highest BCUT2D eigenvalue weighted by Crippen LogP contribution is 2.30. The topological polar surface area (TPSA) is 27.8 Å². The minimum Gasteiger partial charge on any atom is -0.358 e. The van der Waals surface area contributed by atoms with Gasteiger partial charge in [-0.3, -0.25) is 0 Å². The normalized spacial score (nSPS) is 23.7. The van der Waals surface area contributed by atoms with Crippen molar-refractivity contribution in [3.8, 4) is 0 Å². The summed E-state index contributed by atoms with van der Waals surface area (Å²) in [4.78, 5) is 3.57. The monoisotopic (exact) mass is 202 g/mol. The smallest absolute Gasteiger partial charge is 0.0415 e. The Labute approximate surface area is 90.8 Å². The molecule has 2 nitrogen and oxygen atoms in total. The van der Waals surface area contributed by atoms with Crippen LogP contribution in [0, 0.1) is 5.92 Å². The lowest BCUT2D eigenvalue weighted by atomic mass is 9.89. The van der Waals surface area contributed by atoms with Gasteiger partial charge in [0.2, 0.25) is 0 Å². The van der Waals surface area contributed by atoms with Gasteiger partial charge in [0.25, 0.3) is 0 Å². The standard InChI is InChI=1S/C13H18N2/c1-2-9-3-4-12-10(7-9)11-8-14-6-5-13(11)15-12/h3-4,9,14-15H,2,5-8H2,1H3. The highest BCUT2D eigenvalue weighted by atomic mass is 14.9. The van der Waals surface area contributed by atoms with Crippen molar-refractivity contribution in [3.05, 3.63) is 28.6 Å². The van der Waals surface area contributed by atoms with Crippen LogP contribution in [0.4, 0.5) is 0 Å². The van der Waals surface area contributed by atoms with E-state index in [0.29, 0.717) is 0 Å². The van der Waals surface area contributed by atoms with Gasteiger partial charge in [-0.25, -0.2) is 0 Å². The summed E-state index contributed by atoms with van der Waals surface area (Å²) in [5.41, 5.74) is 5.97. The molecule has 0 saturated heterocycles. The molecule has 0 spiro atoms. The maximum absolute atomic E-state index is 3.57. The Hall–Kier alpha value is -1.02. The third kappa shape index (κ3) is 1.44. The lowest BCUT2D eigenvalue weighted by Crippen LogP contribution is -2.24. The van der Waals surface area contributed by atoms with E-state index in [1.807, 2.05) is 0 Å². The van der Waals surface area contributed by atoms with E-state index in [9.17, 15) is 0 Å². The van der Waals surface area contributed by atoms with E-state index in [1.54, 1.807) is 11.1 Å². The number of rotatable bonds is 1. The highest BCUT2D eigenvalue weighted by Gasteiger charge is 2.22. The molecule has 1 aromatic rings. The molecule has 1 aromatic heterocycles. The van der Waals surface area contributed by atoms with E-state index in [0.717, 1.165) is 25.4 Å². The average molecular weight is 202 g/mol. The molecule has 1 atom stereocenters. The van der Waals surface area contributed by atoms with Gasteiger partial charge in [-0.1, -0.05) is 13.0 Å². The van der Waals surface area contributed by atoms with E-state index in [1.165, 1.54) is 24.2 Å². The van der Waals surface area contributed by atoms with Crippen molar-refractivity contribution in [1.29, 1.82) is 0 Å². The summed E-state index contributed by atoms with van der Waals surface area (Å²) in [5.74, 6) is 0.749. The average Bonchev–Trinajstić information content (AvgIpc) is 2.66. The van der Waals surface area contributed by atoms with Gasteiger partial charge in [-0.2, -0.15) is 0 Å². The fourth-order valence-corrected chi connectivity index (χ4v) is 2.73. The number of H-pyrrole nitrogens is 1. The zero-order chi connectivity index (χ0) is 10.3. The van der Waals surface area contributed by atoms with Gasteiger partial charge in [-0.15, -0.1) is 0 Å². The van der Waals surface area contributed by atoms with Crippen molar-refractivity contribution in [2.45, 2.75) is 32.7 Å². The molecule has 3 rings (SSSR count). The first-order chi connectivity index (χ1) is 7.38. The number of aromatic nitrogens is 1. The molecule has 0 fully saturated rings. The van der Waals surface area contributed by atoms with Crippen LogP contribution in [0.3, 0.4) is 0 Å². The van der Waals surface area contributed by atoms with Gasteiger partial charge in [0.15, 0.2) is 0 Å². The molecule has 1 aliphatic carbocycles. The predicted octanol–water partition coefficient (Wildman–Crippen LogP) is 2.26. The SMILES string of the molecule is CCC1C=Cc2[nH]c3c(c2C1)CNCC3. The summed E-state index contributed by atoms with van der Waals surface area (Å²) in [6.45, 7) is 4.45. The Kier molecular flexibility index (Phi) is 2.17. The minimum absolute atomic E-state index is 0.749. The third-order valence-corrected chi connectivity index (χ3v) is 3.72. The van der Waals surface area contributed by atoms with Crippen LogP contribution in [0.2, 0.25) is 0 Å². The zero-order valence-electron chi connectivity index (χ0n) is 9.27. The molecule has 0 radical (unpaired) electrons. The molecule has 1 unspecified atom stereocenters. The van der Waals surface area contributed by atoms with Crippen molar-refractivity contribution in [3.63, 3.8) is 0 Å². The minimum atomic E-state index is 0.749. The van der Waals surface area contributed by atoms with E-state index in [4.69, 9.17) is 0 Å². The van der Waals surface area contributed by atoms with Crippen LogP contribution in [0.15, 0.2) is 6.08 Å². The van der Waals surface area contributed by atoms with E-state index in [2.05, 4.69) is 29.4 Å². The summed E-state index contributed by atoms with van der Waals surface area (Å²) in [6.07, 6.45) is 8.29. The zero-order valence-corrected chi connectivity index (χ0v) is 9.27. The molecule has 0 aromatic carbocycles. The van der Waals surface area contributed by atoms with Crippen LogP contribution in [0.25, 0.3) is 6.08 Å². The van der Waals surface area contributed by atoms with Gasteiger partial charge in [-0.05, 0) is 36.0 Å². The molecule has 0 saturated carbocycles. The van der Waals surface area contributed by atoms with Crippen molar-refractivity contribution >= 4 is 6.08 Å². The number of hydrogen-bond acceptors (Lipinski definition) is 1. The fraction of sp³-hybridized carbons (Fsp3) is 0.538. The molecular weight excluding hydrogens is 184 g/mol. The number of nitrogens with one attached hydrogen (secondary N) is 2. The van der Waals surface area contributed by atoms with Gasteiger partial charge in [0, 0.05) is 30.9 Å². The van der Waals surface area contributed by atoms with Crippen LogP contribution in [-0.2, 0) is 19.4 Å². The quantitative estimate of drug-likeness (QED) is 0.718. The largest absolute Gasteiger partial charge is 0.358 e. The van der Waals surface area contributed by atoms with Gasteiger partial charge < -0.3 is 10.3 Å². The molecule has 1 aliphatic heterocycles. The second-order valence-corrected chi connectivity index (χ2v) is 4.63. The van der Waals surface area contributed by atoms with Crippen molar-refractivity contribution in [1.82, 2.24) is 10.3 Å². The highest BCUT2D eigenvalue weighted by molar-refractivity contribution is 5.58. The van der Waals surface area contributed by atoms with E-state index >= 15 is 0 Å². The first kappa shape index (κ1) is 9.22. The van der Waals surface area contributed by atoms with Crippen molar-refractivity contribution < 1.29 is 0 Å². The van der Waals surface area contributed by atoms with Crippen LogP contribution in [0.1, 0.15) is 35.9 Å². The van der Waals surface area contributed by atoms with Gasteiger partial charge in [0.05, 0.1) is 0 Å². The molecular formula is C13H18N2. The molecule has 2 aliphatic rings. The summed E-state index contributed by atoms with van der Waals surface area (Å²) in [6, 6.07) is 0. The Balaban J connectivity index is 2.02. The molecule has 0 bridgehead atoms. The second kappa shape index (κ2) is 3.53. The van der Waals surface area contributed by atoms with Gasteiger partial charge in [0.1, 0.15) is 0 Å². The summed E-state index contributed by atoms with van der Waals surface area (Å²) in [7, 11) is 0. The third-order valence-electron chi connectivity index (χ3n) is 3.72. The Bertz CT molecular complexity index is 401.